The quantitative estimate of drug-likeness (QED) is 0.654. The Bertz CT molecular complexity index is 1090. The minimum atomic E-state index is -3.14. The number of aromatic amines is 1. The smallest absolute Gasteiger partial charge is 0.404 e. The number of nitrogens with one attached hydrogen (secondary N) is 2. The van der Waals surface area contributed by atoms with Gasteiger partial charge in [0, 0.05) is 25.2 Å². The van der Waals surface area contributed by atoms with Crippen LogP contribution in [0.15, 0.2) is 21.7 Å². The van der Waals surface area contributed by atoms with Crippen LogP contribution in [0.4, 0.5) is 19.3 Å². The number of aromatic nitrogens is 2. The molecule has 1 aromatic heterocycles. The predicted molar refractivity (Wildman–Crippen MR) is 105 cm³/mol. The third-order valence-electron chi connectivity index (χ3n) is 5.78. The van der Waals surface area contributed by atoms with Crippen LogP contribution in [0.3, 0.4) is 0 Å². The van der Waals surface area contributed by atoms with Crippen LogP contribution in [-0.4, -0.2) is 46.5 Å². The molecule has 30 heavy (non-hydrogen) atoms. The number of amides is 1. The van der Waals surface area contributed by atoms with Crippen LogP contribution < -0.4 is 26.2 Å². The number of nitrogens with zero attached hydrogens (tertiary/aromatic N) is 2. The molecule has 0 spiro atoms. The largest absolute Gasteiger partial charge is 0.465 e. The first kappa shape index (κ1) is 20.2. The number of H-pyrrole nitrogens is 1. The molecule has 2 atom stereocenters. The molecule has 1 saturated heterocycles. The first-order valence-corrected chi connectivity index (χ1v) is 9.77. The average Bonchev–Trinajstić information content (AvgIpc) is 3.36. The number of hydrogen-bond acceptors (Lipinski definition) is 5. The molecule has 1 aromatic carbocycles. The van der Waals surface area contributed by atoms with Gasteiger partial charge in [0.25, 0.3) is 5.56 Å². The maximum atomic E-state index is 13.3. The summed E-state index contributed by atoms with van der Waals surface area (Å²) in [6.45, 7) is -0.465. The van der Waals surface area contributed by atoms with Crippen molar-refractivity contribution in [3.8, 4) is 5.75 Å². The van der Waals surface area contributed by atoms with Crippen molar-refractivity contribution < 1.29 is 23.4 Å². The van der Waals surface area contributed by atoms with E-state index in [0.29, 0.717) is 38.0 Å². The molecule has 1 aliphatic heterocycles. The molecule has 4 rings (SSSR count). The van der Waals surface area contributed by atoms with Crippen molar-refractivity contribution in [2.45, 2.75) is 44.9 Å². The van der Waals surface area contributed by atoms with Crippen LogP contribution >= 0.6 is 0 Å². The van der Waals surface area contributed by atoms with Gasteiger partial charge < -0.3 is 20.1 Å². The topological polar surface area (TPSA) is 117 Å². The highest BCUT2D eigenvalue weighted by atomic mass is 19.3. The van der Waals surface area contributed by atoms with Gasteiger partial charge in [-0.25, -0.2) is 9.59 Å². The number of alkyl halides is 2. The van der Waals surface area contributed by atoms with Gasteiger partial charge >= 0.3 is 18.4 Å². The first-order chi connectivity index (χ1) is 14.3. The number of benzene rings is 1. The summed E-state index contributed by atoms with van der Waals surface area (Å²) in [5.41, 5.74) is -0.877. The highest BCUT2D eigenvalue weighted by molar-refractivity contribution is 5.90. The molecule has 11 heteroatoms. The molecule has 1 aliphatic carbocycles. The Hall–Kier alpha value is -3.11. The molecular formula is C19H22F2N4O5. The predicted octanol–water partition coefficient (Wildman–Crippen LogP) is 2.11. The van der Waals surface area contributed by atoms with Gasteiger partial charge in [0.2, 0.25) is 0 Å². The zero-order valence-corrected chi connectivity index (χ0v) is 16.2. The van der Waals surface area contributed by atoms with Crippen LogP contribution in [0.2, 0.25) is 0 Å². The lowest BCUT2D eigenvalue weighted by Crippen LogP contribution is -2.38. The fourth-order valence-electron chi connectivity index (χ4n) is 4.17. The van der Waals surface area contributed by atoms with Crippen molar-refractivity contribution in [1.82, 2.24) is 14.9 Å². The van der Waals surface area contributed by atoms with Crippen LogP contribution in [-0.2, 0) is 0 Å². The standard InChI is InChI=1S/C19H22F2N4O5/c1-9(22-19(28)29)10-6-7-24(8-10)13-5-4-12-14(15(13)30-17(20)21)25(11-2-3-11)18(27)23-16(12)26/h4-5,9-11,17,22H,2-3,6-8H2,1H3,(H,28,29)(H,23,26,27)/t9-,10+/m0/s1. The van der Waals surface area contributed by atoms with Gasteiger partial charge in [-0.1, -0.05) is 0 Å². The summed E-state index contributed by atoms with van der Waals surface area (Å²) in [4.78, 5) is 39.7. The molecular weight excluding hydrogens is 402 g/mol. The van der Waals surface area contributed by atoms with E-state index in [1.54, 1.807) is 6.92 Å². The van der Waals surface area contributed by atoms with Crippen molar-refractivity contribution in [2.75, 3.05) is 18.0 Å². The first-order valence-electron chi connectivity index (χ1n) is 9.77. The van der Waals surface area contributed by atoms with E-state index in [1.807, 2.05) is 4.90 Å². The number of hydrogen-bond donors (Lipinski definition) is 3. The Labute approximate surface area is 169 Å². The maximum absolute atomic E-state index is 13.3. The molecule has 2 aliphatic rings. The Morgan fingerprint density at radius 2 is 2.03 bits per heavy atom. The SMILES string of the molecule is C[C@H](NC(=O)O)[C@@H]1CCN(c2ccc3c(=O)[nH]c(=O)n(C4CC4)c3c2OC(F)F)C1. The van der Waals surface area contributed by atoms with E-state index in [0.717, 1.165) is 0 Å². The number of fused-ring (bicyclic) bond motifs is 1. The number of rotatable bonds is 6. The second-order valence-electron chi connectivity index (χ2n) is 7.78. The summed E-state index contributed by atoms with van der Waals surface area (Å²) in [7, 11) is 0. The number of anilines is 1. The van der Waals surface area contributed by atoms with Gasteiger partial charge in [0.15, 0.2) is 5.75 Å². The molecule has 2 fully saturated rings. The van der Waals surface area contributed by atoms with Crippen molar-refractivity contribution in [2.24, 2.45) is 5.92 Å². The van der Waals surface area contributed by atoms with Gasteiger partial charge in [-0.3, -0.25) is 14.3 Å². The van der Waals surface area contributed by atoms with E-state index in [-0.39, 0.29) is 34.7 Å². The van der Waals surface area contributed by atoms with E-state index in [9.17, 15) is 23.2 Å². The fraction of sp³-hybridized carbons (Fsp3) is 0.526. The number of ether oxygens (including phenoxy) is 1. The fourth-order valence-corrected chi connectivity index (χ4v) is 4.17. The molecule has 1 amide bonds. The molecule has 9 nitrogen and oxygen atoms in total. The lowest BCUT2D eigenvalue weighted by atomic mass is 10.0. The number of carboxylic acid groups (broad SMARTS) is 1. The van der Waals surface area contributed by atoms with E-state index in [2.05, 4.69) is 10.3 Å². The van der Waals surface area contributed by atoms with Gasteiger partial charge in [0.1, 0.15) is 5.52 Å². The van der Waals surface area contributed by atoms with Gasteiger partial charge in [0.05, 0.1) is 11.1 Å². The lowest BCUT2D eigenvalue weighted by Gasteiger charge is -2.25. The molecule has 162 valence electrons. The second-order valence-corrected chi connectivity index (χ2v) is 7.78. The lowest BCUT2D eigenvalue weighted by molar-refractivity contribution is -0.0487. The maximum Gasteiger partial charge on any atom is 0.404 e. The van der Waals surface area contributed by atoms with E-state index in [1.165, 1.54) is 16.7 Å². The molecule has 2 heterocycles. The van der Waals surface area contributed by atoms with Gasteiger partial charge in [-0.05, 0) is 44.2 Å². The van der Waals surface area contributed by atoms with Crippen molar-refractivity contribution in [1.29, 1.82) is 0 Å². The zero-order chi connectivity index (χ0) is 21.6. The highest BCUT2D eigenvalue weighted by Crippen LogP contribution is 2.42. The molecule has 3 N–H and O–H groups in total. The van der Waals surface area contributed by atoms with Crippen LogP contribution in [0.5, 0.6) is 5.75 Å². The summed E-state index contributed by atoms with van der Waals surface area (Å²) < 4.78 is 32.8. The summed E-state index contributed by atoms with van der Waals surface area (Å²) >= 11 is 0. The van der Waals surface area contributed by atoms with Crippen LogP contribution in [0.1, 0.15) is 32.2 Å². The Morgan fingerprint density at radius 3 is 2.67 bits per heavy atom. The Balaban J connectivity index is 1.81. The summed E-state index contributed by atoms with van der Waals surface area (Å²) in [6.07, 6.45) is 0.951. The average molecular weight is 424 g/mol. The Morgan fingerprint density at radius 1 is 1.30 bits per heavy atom. The van der Waals surface area contributed by atoms with Crippen molar-refractivity contribution in [3.05, 3.63) is 33.0 Å². The van der Waals surface area contributed by atoms with Crippen LogP contribution in [0, 0.1) is 5.92 Å². The minimum Gasteiger partial charge on any atom is -0.465 e. The van der Waals surface area contributed by atoms with Gasteiger partial charge in [-0.15, -0.1) is 0 Å². The molecule has 2 aromatic rings. The molecule has 0 unspecified atom stereocenters. The summed E-state index contributed by atoms with van der Waals surface area (Å²) in [5.74, 6) is -0.224. The minimum absolute atomic E-state index is 0.0269. The normalized spacial score (nSPS) is 20.0. The van der Waals surface area contributed by atoms with Crippen molar-refractivity contribution in [3.63, 3.8) is 0 Å². The van der Waals surface area contributed by atoms with Gasteiger partial charge in [-0.2, -0.15) is 8.78 Å². The van der Waals surface area contributed by atoms with E-state index < -0.39 is 24.0 Å². The van der Waals surface area contributed by atoms with Crippen molar-refractivity contribution >= 4 is 22.7 Å². The van der Waals surface area contributed by atoms with Crippen LogP contribution in [0.25, 0.3) is 10.9 Å². The zero-order valence-electron chi connectivity index (χ0n) is 16.2. The molecule has 1 saturated carbocycles. The molecule has 0 bridgehead atoms. The van der Waals surface area contributed by atoms with E-state index in [4.69, 9.17) is 9.84 Å². The third kappa shape index (κ3) is 3.71. The summed E-state index contributed by atoms with van der Waals surface area (Å²) in [5, 5.41) is 11.5. The number of halogens is 2. The van der Waals surface area contributed by atoms with E-state index >= 15 is 0 Å². The number of carbonyl (C=O) groups is 1. The second kappa shape index (κ2) is 7.62. The summed E-state index contributed by atoms with van der Waals surface area (Å²) in [6, 6.07) is 2.55. The highest BCUT2D eigenvalue weighted by Gasteiger charge is 2.33. The Kier molecular flexibility index (Phi) is 5.12. The monoisotopic (exact) mass is 424 g/mol. The third-order valence-corrected chi connectivity index (χ3v) is 5.78. The molecule has 0 radical (unpaired) electrons.